The number of benzene rings is 1. The molecule has 0 saturated heterocycles. The van der Waals surface area contributed by atoms with Crippen molar-refractivity contribution in [2.45, 2.75) is 11.8 Å². The van der Waals surface area contributed by atoms with Crippen molar-refractivity contribution >= 4 is 44.2 Å². The zero-order valence-electron chi connectivity index (χ0n) is 9.60. The maximum Gasteiger partial charge on any atom is 0.286 e. The van der Waals surface area contributed by atoms with E-state index >= 15 is 0 Å². The van der Waals surface area contributed by atoms with E-state index in [0.29, 0.717) is 21.6 Å². The van der Waals surface area contributed by atoms with Crippen molar-refractivity contribution in [3.8, 4) is 0 Å². The summed E-state index contributed by atoms with van der Waals surface area (Å²) >= 11 is 7.09. The molecule has 7 heteroatoms. The molecule has 1 heterocycles. The van der Waals surface area contributed by atoms with E-state index in [2.05, 4.69) is 16.3 Å². The SMILES string of the molecule is C=C(C)CSC1=NS(=O)(=O)c2cc(Cl)ccc2N1. The lowest BCUT2D eigenvalue weighted by Gasteiger charge is -2.17. The largest absolute Gasteiger partial charge is 0.333 e. The van der Waals surface area contributed by atoms with Gasteiger partial charge in [0, 0.05) is 10.8 Å². The molecule has 96 valence electrons. The third kappa shape index (κ3) is 2.88. The molecule has 0 unspecified atom stereocenters. The Balaban J connectivity index is 2.36. The lowest BCUT2D eigenvalue weighted by Crippen LogP contribution is -2.19. The number of fused-ring (bicyclic) bond motifs is 1. The van der Waals surface area contributed by atoms with Crippen LogP contribution in [0.25, 0.3) is 0 Å². The molecule has 0 aromatic heterocycles. The van der Waals surface area contributed by atoms with Crippen molar-refractivity contribution in [2.24, 2.45) is 4.40 Å². The fourth-order valence-electron chi connectivity index (χ4n) is 1.36. The van der Waals surface area contributed by atoms with Crippen LogP contribution in [0.5, 0.6) is 0 Å². The fourth-order valence-corrected chi connectivity index (χ4v) is 3.71. The maximum atomic E-state index is 12.0. The minimum atomic E-state index is -3.67. The molecule has 4 nitrogen and oxygen atoms in total. The molecule has 2 rings (SSSR count). The summed E-state index contributed by atoms with van der Waals surface area (Å²) in [7, 11) is -3.67. The summed E-state index contributed by atoms with van der Waals surface area (Å²) in [6.45, 7) is 5.63. The van der Waals surface area contributed by atoms with Crippen molar-refractivity contribution in [1.82, 2.24) is 0 Å². The monoisotopic (exact) mass is 302 g/mol. The Labute approximate surface area is 115 Å². The lowest BCUT2D eigenvalue weighted by molar-refractivity contribution is 0.598. The van der Waals surface area contributed by atoms with E-state index in [4.69, 9.17) is 11.6 Å². The van der Waals surface area contributed by atoms with Gasteiger partial charge >= 0.3 is 0 Å². The third-order valence-electron chi connectivity index (χ3n) is 2.12. The molecular formula is C11H11ClN2O2S2. The van der Waals surface area contributed by atoms with Gasteiger partial charge in [0.15, 0.2) is 5.17 Å². The van der Waals surface area contributed by atoms with Crippen molar-refractivity contribution in [1.29, 1.82) is 0 Å². The zero-order valence-corrected chi connectivity index (χ0v) is 12.0. The molecule has 18 heavy (non-hydrogen) atoms. The average Bonchev–Trinajstić information content (AvgIpc) is 2.27. The van der Waals surface area contributed by atoms with Crippen LogP contribution in [-0.4, -0.2) is 19.3 Å². The molecule has 0 radical (unpaired) electrons. The molecule has 0 aliphatic carbocycles. The number of nitrogens with zero attached hydrogens (tertiary/aromatic N) is 1. The number of halogens is 1. The van der Waals surface area contributed by atoms with E-state index in [-0.39, 0.29) is 4.90 Å². The summed E-state index contributed by atoms with van der Waals surface area (Å²) in [4.78, 5) is 0.106. The standard InChI is InChI=1S/C11H11ClN2O2S2/c1-7(2)6-17-11-13-9-4-3-8(12)5-10(9)18(15,16)14-11/h3-5H,1,6H2,2H3,(H,13,14). The fraction of sp³-hybridized carbons (Fsp3) is 0.182. The highest BCUT2D eigenvalue weighted by molar-refractivity contribution is 8.15. The number of rotatable bonds is 2. The van der Waals surface area contributed by atoms with Crippen LogP contribution in [0.15, 0.2) is 39.6 Å². The van der Waals surface area contributed by atoms with E-state index in [9.17, 15) is 8.42 Å². The van der Waals surface area contributed by atoms with Gasteiger partial charge in [-0.25, -0.2) is 0 Å². The maximum absolute atomic E-state index is 12.0. The van der Waals surface area contributed by atoms with E-state index in [1.165, 1.54) is 17.8 Å². The Kier molecular flexibility index (Phi) is 3.70. The summed E-state index contributed by atoms with van der Waals surface area (Å²) in [6, 6.07) is 4.66. The molecular weight excluding hydrogens is 292 g/mol. The van der Waals surface area contributed by atoms with Gasteiger partial charge in [-0.15, -0.1) is 4.40 Å². The average molecular weight is 303 g/mol. The van der Waals surface area contributed by atoms with Crippen LogP contribution >= 0.6 is 23.4 Å². The Morgan fingerprint density at radius 3 is 2.94 bits per heavy atom. The molecule has 1 aliphatic rings. The van der Waals surface area contributed by atoms with Crippen LogP contribution in [-0.2, 0) is 10.0 Å². The van der Waals surface area contributed by atoms with Crippen LogP contribution in [0.1, 0.15) is 6.92 Å². The van der Waals surface area contributed by atoms with Gasteiger partial charge in [0.1, 0.15) is 4.90 Å². The Morgan fingerprint density at radius 1 is 1.56 bits per heavy atom. The number of hydrogen-bond acceptors (Lipinski definition) is 4. The van der Waals surface area contributed by atoms with Gasteiger partial charge in [-0.2, -0.15) is 8.42 Å². The molecule has 0 saturated carbocycles. The lowest BCUT2D eigenvalue weighted by atomic mass is 10.3. The summed E-state index contributed by atoms with van der Waals surface area (Å²) in [5, 5.41) is 3.69. The highest BCUT2D eigenvalue weighted by Gasteiger charge is 2.25. The van der Waals surface area contributed by atoms with E-state index in [1.54, 1.807) is 12.1 Å². The first-order valence-corrected chi connectivity index (χ1v) is 7.87. The molecule has 0 fully saturated rings. The molecule has 0 spiro atoms. The minimum Gasteiger partial charge on any atom is -0.333 e. The zero-order chi connectivity index (χ0) is 13.3. The normalized spacial score (nSPS) is 16.4. The van der Waals surface area contributed by atoms with Crippen LogP contribution in [0, 0.1) is 0 Å². The van der Waals surface area contributed by atoms with Crippen LogP contribution in [0.3, 0.4) is 0 Å². The Bertz CT molecular complexity index is 638. The first-order chi connectivity index (χ1) is 8.38. The van der Waals surface area contributed by atoms with Gasteiger partial charge in [-0.1, -0.05) is 35.5 Å². The number of amidine groups is 1. The van der Waals surface area contributed by atoms with Crippen LogP contribution in [0.2, 0.25) is 5.02 Å². The van der Waals surface area contributed by atoms with E-state index in [1.807, 2.05) is 6.92 Å². The summed E-state index contributed by atoms with van der Waals surface area (Å²) < 4.78 is 27.6. The third-order valence-corrected chi connectivity index (χ3v) is 4.89. The second kappa shape index (κ2) is 4.95. The van der Waals surface area contributed by atoms with Crippen molar-refractivity contribution in [3.63, 3.8) is 0 Å². The highest BCUT2D eigenvalue weighted by atomic mass is 35.5. The Morgan fingerprint density at radius 2 is 2.28 bits per heavy atom. The first kappa shape index (κ1) is 13.5. The van der Waals surface area contributed by atoms with Gasteiger partial charge in [-0.3, -0.25) is 0 Å². The smallest absolute Gasteiger partial charge is 0.286 e. The summed E-state index contributed by atoms with van der Waals surface area (Å²) in [6.07, 6.45) is 0. The minimum absolute atomic E-state index is 0.106. The molecule has 0 bridgehead atoms. The van der Waals surface area contributed by atoms with Crippen LogP contribution in [0.4, 0.5) is 5.69 Å². The molecule has 0 amide bonds. The molecule has 1 aromatic carbocycles. The quantitative estimate of drug-likeness (QED) is 0.853. The molecule has 0 atom stereocenters. The first-order valence-electron chi connectivity index (χ1n) is 5.07. The van der Waals surface area contributed by atoms with Crippen LogP contribution < -0.4 is 5.32 Å². The van der Waals surface area contributed by atoms with Gasteiger partial charge in [0.2, 0.25) is 0 Å². The number of anilines is 1. The summed E-state index contributed by atoms with van der Waals surface area (Å²) in [5.41, 5.74) is 1.45. The Hall–Kier alpha value is -0.980. The van der Waals surface area contributed by atoms with E-state index in [0.717, 1.165) is 5.57 Å². The van der Waals surface area contributed by atoms with Crippen molar-refractivity contribution < 1.29 is 8.42 Å². The number of nitrogens with one attached hydrogen (secondary N) is 1. The number of thioether (sulfide) groups is 1. The molecule has 1 aromatic rings. The van der Waals surface area contributed by atoms with E-state index < -0.39 is 10.0 Å². The van der Waals surface area contributed by atoms with Gasteiger partial charge < -0.3 is 5.32 Å². The van der Waals surface area contributed by atoms with Crippen molar-refractivity contribution in [3.05, 3.63) is 35.4 Å². The van der Waals surface area contributed by atoms with Gasteiger partial charge in [0.25, 0.3) is 10.0 Å². The predicted molar refractivity (Wildman–Crippen MR) is 77.0 cm³/mol. The second-order valence-electron chi connectivity index (χ2n) is 3.88. The van der Waals surface area contributed by atoms with Gasteiger partial charge in [0.05, 0.1) is 5.69 Å². The van der Waals surface area contributed by atoms with Gasteiger partial charge in [-0.05, 0) is 25.1 Å². The topological polar surface area (TPSA) is 58.5 Å². The second-order valence-corrected chi connectivity index (χ2v) is 6.86. The molecule has 1 N–H and O–H groups in total. The van der Waals surface area contributed by atoms with Crippen molar-refractivity contribution in [2.75, 3.05) is 11.1 Å². The number of hydrogen-bond donors (Lipinski definition) is 1. The predicted octanol–water partition coefficient (Wildman–Crippen LogP) is 3.12. The summed E-state index contributed by atoms with van der Waals surface area (Å²) in [5.74, 6) is 0.615. The number of sulfonamides is 1. The highest BCUT2D eigenvalue weighted by Crippen LogP contribution is 2.31. The molecule has 1 aliphatic heterocycles.